The number of benzene rings is 2. The number of hydrogen-bond donors (Lipinski definition) is 1. The maximum atomic E-state index is 13.2. The highest BCUT2D eigenvalue weighted by molar-refractivity contribution is 7.89. The number of sulfonamides is 1. The Hall–Kier alpha value is -2.68. The van der Waals surface area contributed by atoms with E-state index in [0.29, 0.717) is 37.4 Å². The molecule has 0 spiro atoms. The zero-order valence-corrected chi connectivity index (χ0v) is 20.8. The molecule has 0 radical (unpaired) electrons. The van der Waals surface area contributed by atoms with E-state index in [1.54, 1.807) is 18.4 Å². The molecule has 1 atom stereocenters. The van der Waals surface area contributed by atoms with Gasteiger partial charge in [0, 0.05) is 25.6 Å². The van der Waals surface area contributed by atoms with E-state index in [1.807, 2.05) is 42.5 Å². The highest BCUT2D eigenvalue weighted by atomic mass is 32.2. The number of fused-ring (bicyclic) bond motifs is 1. The number of nitrogens with one attached hydrogen (secondary N) is 1. The van der Waals surface area contributed by atoms with Gasteiger partial charge in [0.05, 0.1) is 17.2 Å². The number of furan rings is 1. The molecule has 8 heteroatoms. The van der Waals surface area contributed by atoms with Gasteiger partial charge in [0.15, 0.2) is 0 Å². The van der Waals surface area contributed by atoms with Gasteiger partial charge in [0.1, 0.15) is 5.76 Å². The van der Waals surface area contributed by atoms with E-state index in [4.69, 9.17) is 4.42 Å². The molecule has 186 valence electrons. The molecule has 7 nitrogen and oxygen atoms in total. The standard InChI is InChI=1S/C27H33N3O4S/c31-27(28-20-25(26-9-6-18-34-26)29-14-4-1-5-15-29)22-12-16-30(17-13-22)35(32,33)24-11-10-21-7-2-3-8-23(21)19-24/h2-3,6-11,18-19,22,25H,1,4-5,12-17,20H2,(H,28,31)/t25-/m1/s1. The molecule has 1 amide bonds. The largest absolute Gasteiger partial charge is 0.468 e. The van der Waals surface area contributed by atoms with Crippen molar-refractivity contribution < 1.29 is 17.6 Å². The average molecular weight is 496 g/mol. The second-order valence-corrected chi connectivity index (χ2v) is 11.5. The molecule has 2 aliphatic rings. The molecule has 35 heavy (non-hydrogen) atoms. The summed E-state index contributed by atoms with van der Waals surface area (Å²) in [4.78, 5) is 15.7. The van der Waals surface area contributed by atoms with E-state index in [-0.39, 0.29) is 17.9 Å². The van der Waals surface area contributed by atoms with Gasteiger partial charge in [-0.3, -0.25) is 9.69 Å². The minimum atomic E-state index is -3.59. The van der Waals surface area contributed by atoms with Crippen LogP contribution in [0.1, 0.15) is 43.9 Å². The minimum Gasteiger partial charge on any atom is -0.468 e. The third-order valence-corrected chi connectivity index (χ3v) is 9.25. The number of likely N-dealkylation sites (tertiary alicyclic amines) is 1. The van der Waals surface area contributed by atoms with Crippen LogP contribution in [-0.2, 0) is 14.8 Å². The lowest BCUT2D eigenvalue weighted by atomic mass is 9.97. The molecule has 0 aliphatic carbocycles. The number of nitrogens with zero attached hydrogens (tertiary/aromatic N) is 2. The lowest BCUT2D eigenvalue weighted by Gasteiger charge is -2.34. The van der Waals surface area contributed by atoms with Gasteiger partial charge in [-0.05, 0) is 73.8 Å². The molecule has 2 aliphatic heterocycles. The Morgan fingerprint density at radius 1 is 0.943 bits per heavy atom. The van der Waals surface area contributed by atoms with Crippen molar-refractivity contribution in [3.05, 3.63) is 66.6 Å². The second kappa shape index (κ2) is 10.5. The van der Waals surface area contributed by atoms with Gasteiger partial charge < -0.3 is 9.73 Å². The van der Waals surface area contributed by atoms with Crippen LogP contribution in [0, 0.1) is 5.92 Å². The molecule has 5 rings (SSSR count). The predicted octanol–water partition coefficient (Wildman–Crippen LogP) is 4.18. The van der Waals surface area contributed by atoms with Gasteiger partial charge in [-0.1, -0.05) is 36.8 Å². The number of hydrogen-bond acceptors (Lipinski definition) is 5. The summed E-state index contributed by atoms with van der Waals surface area (Å²) in [6, 6.07) is 16.9. The Labute approximate surface area is 207 Å². The fraction of sp³-hybridized carbons (Fsp3) is 0.444. The maximum absolute atomic E-state index is 13.2. The highest BCUT2D eigenvalue weighted by Crippen LogP contribution is 2.28. The molecule has 1 aromatic heterocycles. The first kappa shape index (κ1) is 24.0. The van der Waals surface area contributed by atoms with Crippen LogP contribution in [0.15, 0.2) is 70.2 Å². The first-order chi connectivity index (χ1) is 17.0. The quantitative estimate of drug-likeness (QED) is 0.532. The number of carbonyl (C=O) groups is 1. The van der Waals surface area contributed by atoms with Gasteiger partial charge >= 0.3 is 0 Å². The molecular weight excluding hydrogens is 462 g/mol. The molecule has 1 N–H and O–H groups in total. The summed E-state index contributed by atoms with van der Waals surface area (Å²) in [5.74, 6) is 0.696. The Kier molecular flexibility index (Phi) is 7.22. The van der Waals surface area contributed by atoms with E-state index in [2.05, 4.69) is 10.2 Å². The number of piperidine rings is 2. The van der Waals surface area contributed by atoms with Crippen molar-refractivity contribution in [2.75, 3.05) is 32.7 Å². The van der Waals surface area contributed by atoms with Gasteiger partial charge in [-0.25, -0.2) is 8.42 Å². The molecule has 0 bridgehead atoms. The third-order valence-electron chi connectivity index (χ3n) is 7.36. The monoisotopic (exact) mass is 495 g/mol. The summed E-state index contributed by atoms with van der Waals surface area (Å²) in [6.45, 7) is 3.21. The Morgan fingerprint density at radius 2 is 1.69 bits per heavy atom. The smallest absolute Gasteiger partial charge is 0.243 e. The van der Waals surface area contributed by atoms with Gasteiger partial charge in [-0.2, -0.15) is 4.31 Å². The van der Waals surface area contributed by atoms with Gasteiger partial charge in [0.25, 0.3) is 0 Å². The molecule has 0 saturated carbocycles. The van der Waals surface area contributed by atoms with Crippen molar-refractivity contribution in [3.63, 3.8) is 0 Å². The van der Waals surface area contributed by atoms with Crippen molar-refractivity contribution in [3.8, 4) is 0 Å². The summed E-state index contributed by atoms with van der Waals surface area (Å²) in [7, 11) is -3.59. The van der Waals surface area contributed by atoms with Crippen LogP contribution >= 0.6 is 0 Å². The van der Waals surface area contributed by atoms with Crippen LogP contribution in [0.3, 0.4) is 0 Å². The zero-order chi connectivity index (χ0) is 24.3. The molecule has 2 fully saturated rings. The average Bonchev–Trinajstić information content (AvgIpc) is 3.44. The fourth-order valence-corrected chi connectivity index (χ4v) is 6.80. The normalized spacial score (nSPS) is 19.5. The van der Waals surface area contributed by atoms with Crippen molar-refractivity contribution >= 4 is 26.7 Å². The summed E-state index contributed by atoms with van der Waals surface area (Å²) in [5, 5.41) is 5.05. The predicted molar refractivity (Wildman–Crippen MR) is 135 cm³/mol. The van der Waals surface area contributed by atoms with Crippen LogP contribution < -0.4 is 5.32 Å². The fourth-order valence-electron chi connectivity index (χ4n) is 5.30. The van der Waals surface area contributed by atoms with Crippen LogP contribution in [0.2, 0.25) is 0 Å². The lowest BCUT2D eigenvalue weighted by molar-refractivity contribution is -0.126. The number of carbonyl (C=O) groups excluding carboxylic acids is 1. The Balaban J connectivity index is 1.19. The highest BCUT2D eigenvalue weighted by Gasteiger charge is 2.33. The molecule has 2 saturated heterocycles. The summed E-state index contributed by atoms with van der Waals surface area (Å²) >= 11 is 0. The van der Waals surface area contributed by atoms with E-state index < -0.39 is 10.0 Å². The van der Waals surface area contributed by atoms with Gasteiger partial charge in [-0.15, -0.1) is 0 Å². The van der Waals surface area contributed by atoms with Crippen LogP contribution in [-0.4, -0.2) is 56.3 Å². The summed E-state index contributed by atoms with van der Waals surface area (Å²) in [6.07, 6.45) is 6.29. The van der Waals surface area contributed by atoms with E-state index in [1.165, 1.54) is 10.7 Å². The molecule has 2 aromatic carbocycles. The minimum absolute atomic E-state index is 0.00122. The maximum Gasteiger partial charge on any atom is 0.243 e. The SMILES string of the molecule is O=C(NC[C@H](c1ccco1)N1CCCCC1)C1CCN(S(=O)(=O)c2ccc3ccccc3c2)CC1. The summed E-state index contributed by atoms with van der Waals surface area (Å²) < 4.78 is 33.7. The summed E-state index contributed by atoms with van der Waals surface area (Å²) in [5.41, 5.74) is 0. The second-order valence-electron chi connectivity index (χ2n) is 9.56. The molecular formula is C27H33N3O4S. The van der Waals surface area contributed by atoms with Crippen molar-refractivity contribution in [2.24, 2.45) is 5.92 Å². The van der Waals surface area contributed by atoms with Crippen molar-refractivity contribution in [1.29, 1.82) is 0 Å². The molecule has 3 heterocycles. The number of rotatable bonds is 7. The first-order valence-electron chi connectivity index (χ1n) is 12.6. The van der Waals surface area contributed by atoms with Crippen LogP contribution in [0.5, 0.6) is 0 Å². The molecule has 0 unspecified atom stereocenters. The number of amides is 1. The van der Waals surface area contributed by atoms with E-state index >= 15 is 0 Å². The zero-order valence-electron chi connectivity index (χ0n) is 19.9. The third kappa shape index (κ3) is 5.29. The van der Waals surface area contributed by atoms with Crippen molar-refractivity contribution in [2.45, 2.75) is 43.0 Å². The van der Waals surface area contributed by atoms with Crippen molar-refractivity contribution in [1.82, 2.24) is 14.5 Å². The lowest BCUT2D eigenvalue weighted by Crippen LogP contribution is -2.45. The Morgan fingerprint density at radius 3 is 2.40 bits per heavy atom. The first-order valence-corrected chi connectivity index (χ1v) is 14.0. The topological polar surface area (TPSA) is 82.9 Å². The molecule has 3 aromatic rings. The van der Waals surface area contributed by atoms with E-state index in [0.717, 1.165) is 42.5 Å². The van der Waals surface area contributed by atoms with Gasteiger partial charge in [0.2, 0.25) is 15.9 Å². The Bertz CT molecular complexity index is 1240. The van der Waals surface area contributed by atoms with E-state index in [9.17, 15) is 13.2 Å². The van der Waals surface area contributed by atoms with Crippen LogP contribution in [0.4, 0.5) is 0 Å². The van der Waals surface area contributed by atoms with Crippen LogP contribution in [0.25, 0.3) is 10.8 Å².